The van der Waals surface area contributed by atoms with Gasteiger partial charge in [-0.3, -0.25) is 0 Å². The van der Waals surface area contributed by atoms with Crippen molar-refractivity contribution >= 4 is 0 Å². The highest BCUT2D eigenvalue weighted by Gasteiger charge is 2.08. The van der Waals surface area contributed by atoms with Crippen LogP contribution in [0, 0.1) is 0 Å². The summed E-state index contributed by atoms with van der Waals surface area (Å²) in [6, 6.07) is 0.193. The summed E-state index contributed by atoms with van der Waals surface area (Å²) < 4.78 is 5.04. The SMILES string of the molecule is COC1=CCC(N)C(C)=C1. The van der Waals surface area contributed by atoms with Crippen molar-refractivity contribution in [2.24, 2.45) is 5.73 Å². The average Bonchev–Trinajstić information content (AvgIpc) is 1.95. The summed E-state index contributed by atoms with van der Waals surface area (Å²) in [5.74, 6) is 0.930. The van der Waals surface area contributed by atoms with Crippen molar-refractivity contribution in [3.8, 4) is 0 Å². The molecule has 0 aromatic rings. The molecule has 0 spiro atoms. The van der Waals surface area contributed by atoms with Gasteiger partial charge in [0.25, 0.3) is 0 Å². The molecule has 0 aliphatic heterocycles. The number of hydrogen-bond donors (Lipinski definition) is 1. The third kappa shape index (κ3) is 1.39. The molecule has 0 heterocycles. The molecule has 0 saturated carbocycles. The van der Waals surface area contributed by atoms with Crippen molar-refractivity contribution in [2.75, 3.05) is 7.11 Å². The molecule has 0 radical (unpaired) electrons. The molecule has 1 unspecified atom stereocenters. The highest BCUT2D eigenvalue weighted by Crippen LogP contribution is 2.15. The first kappa shape index (κ1) is 7.35. The van der Waals surface area contributed by atoms with Crippen molar-refractivity contribution in [2.45, 2.75) is 19.4 Å². The van der Waals surface area contributed by atoms with Crippen LogP contribution in [0.2, 0.25) is 0 Å². The Kier molecular flexibility index (Phi) is 2.12. The van der Waals surface area contributed by atoms with Crippen LogP contribution in [0.5, 0.6) is 0 Å². The molecule has 0 bridgehead atoms. The van der Waals surface area contributed by atoms with Gasteiger partial charge >= 0.3 is 0 Å². The summed E-state index contributed by atoms with van der Waals surface area (Å²) in [4.78, 5) is 0. The number of allylic oxidation sites excluding steroid dienone is 1. The van der Waals surface area contributed by atoms with Gasteiger partial charge in [0.05, 0.1) is 7.11 Å². The summed E-state index contributed by atoms with van der Waals surface area (Å²) in [5, 5.41) is 0. The van der Waals surface area contributed by atoms with Crippen LogP contribution in [-0.4, -0.2) is 13.2 Å². The smallest absolute Gasteiger partial charge is 0.114 e. The second-order valence-corrected chi connectivity index (χ2v) is 2.54. The lowest BCUT2D eigenvalue weighted by molar-refractivity contribution is 0.302. The van der Waals surface area contributed by atoms with Crippen LogP contribution in [0.4, 0.5) is 0 Å². The Morgan fingerprint density at radius 3 is 2.90 bits per heavy atom. The highest BCUT2D eigenvalue weighted by atomic mass is 16.5. The number of hydrogen-bond acceptors (Lipinski definition) is 2. The molecular formula is C8H13NO. The Bertz CT molecular complexity index is 182. The van der Waals surface area contributed by atoms with Gasteiger partial charge in [0.2, 0.25) is 0 Å². The molecule has 2 nitrogen and oxygen atoms in total. The summed E-state index contributed by atoms with van der Waals surface area (Å²) >= 11 is 0. The van der Waals surface area contributed by atoms with Gasteiger partial charge in [0.15, 0.2) is 0 Å². The van der Waals surface area contributed by atoms with Gasteiger partial charge in [-0.2, -0.15) is 0 Å². The molecule has 1 rings (SSSR count). The Balaban J connectivity index is 2.69. The molecule has 0 aromatic heterocycles. The van der Waals surface area contributed by atoms with Crippen LogP contribution < -0.4 is 5.73 Å². The zero-order valence-electron chi connectivity index (χ0n) is 6.42. The van der Waals surface area contributed by atoms with E-state index in [9.17, 15) is 0 Å². The molecule has 0 aromatic carbocycles. The Morgan fingerprint density at radius 2 is 2.40 bits per heavy atom. The standard InChI is InChI=1S/C8H13NO/c1-6-5-7(10-2)3-4-8(6)9/h3,5,8H,4,9H2,1-2H3. The van der Waals surface area contributed by atoms with Gasteiger partial charge in [-0.05, 0) is 25.5 Å². The van der Waals surface area contributed by atoms with Crippen LogP contribution >= 0.6 is 0 Å². The van der Waals surface area contributed by atoms with Crippen LogP contribution in [-0.2, 0) is 4.74 Å². The van der Waals surface area contributed by atoms with Crippen molar-refractivity contribution in [1.82, 2.24) is 0 Å². The number of rotatable bonds is 1. The van der Waals surface area contributed by atoms with E-state index in [1.54, 1.807) is 7.11 Å². The molecule has 1 aliphatic rings. The van der Waals surface area contributed by atoms with E-state index in [2.05, 4.69) is 0 Å². The van der Waals surface area contributed by atoms with E-state index in [-0.39, 0.29) is 6.04 Å². The molecule has 0 fully saturated rings. The molecule has 10 heavy (non-hydrogen) atoms. The summed E-state index contributed by atoms with van der Waals surface area (Å²) in [5.41, 5.74) is 6.92. The topological polar surface area (TPSA) is 35.2 Å². The Morgan fingerprint density at radius 1 is 1.70 bits per heavy atom. The van der Waals surface area contributed by atoms with E-state index in [1.807, 2.05) is 19.1 Å². The molecule has 1 aliphatic carbocycles. The lowest BCUT2D eigenvalue weighted by Gasteiger charge is -2.15. The maximum Gasteiger partial charge on any atom is 0.114 e. The van der Waals surface area contributed by atoms with Crippen LogP contribution in [0.15, 0.2) is 23.5 Å². The van der Waals surface area contributed by atoms with Crippen LogP contribution in [0.3, 0.4) is 0 Å². The minimum absolute atomic E-state index is 0.193. The number of methoxy groups -OCH3 is 1. The van der Waals surface area contributed by atoms with E-state index in [0.29, 0.717) is 0 Å². The lowest BCUT2D eigenvalue weighted by Crippen LogP contribution is -2.22. The first-order chi connectivity index (χ1) is 4.74. The van der Waals surface area contributed by atoms with E-state index in [1.165, 1.54) is 5.57 Å². The fraction of sp³-hybridized carbons (Fsp3) is 0.500. The quantitative estimate of drug-likeness (QED) is 0.592. The van der Waals surface area contributed by atoms with Crippen molar-refractivity contribution < 1.29 is 4.74 Å². The van der Waals surface area contributed by atoms with Gasteiger partial charge in [-0.25, -0.2) is 0 Å². The maximum atomic E-state index is 5.73. The highest BCUT2D eigenvalue weighted by molar-refractivity contribution is 5.26. The van der Waals surface area contributed by atoms with Crippen LogP contribution in [0.1, 0.15) is 13.3 Å². The van der Waals surface area contributed by atoms with E-state index < -0.39 is 0 Å². The molecule has 0 amide bonds. The van der Waals surface area contributed by atoms with Crippen molar-refractivity contribution in [3.05, 3.63) is 23.5 Å². The van der Waals surface area contributed by atoms with Gasteiger partial charge in [0.1, 0.15) is 5.76 Å². The lowest BCUT2D eigenvalue weighted by atomic mass is 10.0. The maximum absolute atomic E-state index is 5.73. The predicted octanol–water partition coefficient (Wildman–Crippen LogP) is 1.19. The van der Waals surface area contributed by atoms with Gasteiger partial charge < -0.3 is 10.5 Å². The largest absolute Gasteiger partial charge is 0.497 e. The minimum Gasteiger partial charge on any atom is -0.497 e. The van der Waals surface area contributed by atoms with Gasteiger partial charge in [-0.1, -0.05) is 5.57 Å². The molecule has 1 atom stereocenters. The van der Waals surface area contributed by atoms with E-state index in [0.717, 1.165) is 12.2 Å². The summed E-state index contributed by atoms with van der Waals surface area (Å²) in [6.07, 6.45) is 4.89. The third-order valence-corrected chi connectivity index (χ3v) is 1.76. The number of nitrogens with two attached hydrogens (primary N) is 1. The molecule has 0 saturated heterocycles. The fourth-order valence-electron chi connectivity index (χ4n) is 0.962. The zero-order chi connectivity index (χ0) is 7.56. The van der Waals surface area contributed by atoms with E-state index >= 15 is 0 Å². The molecule has 2 heteroatoms. The molecule has 2 N–H and O–H groups in total. The van der Waals surface area contributed by atoms with Crippen molar-refractivity contribution in [3.63, 3.8) is 0 Å². The van der Waals surface area contributed by atoms with Gasteiger partial charge in [0, 0.05) is 6.04 Å². The molecule has 56 valence electrons. The first-order valence-electron chi connectivity index (χ1n) is 3.42. The fourth-order valence-corrected chi connectivity index (χ4v) is 0.962. The number of ether oxygens (including phenoxy) is 1. The summed E-state index contributed by atoms with van der Waals surface area (Å²) in [6.45, 7) is 2.02. The van der Waals surface area contributed by atoms with Crippen LogP contribution in [0.25, 0.3) is 0 Å². The first-order valence-corrected chi connectivity index (χ1v) is 3.42. The third-order valence-electron chi connectivity index (χ3n) is 1.76. The average molecular weight is 139 g/mol. The Hall–Kier alpha value is -0.760. The van der Waals surface area contributed by atoms with E-state index in [4.69, 9.17) is 10.5 Å². The second kappa shape index (κ2) is 2.88. The predicted molar refractivity (Wildman–Crippen MR) is 41.4 cm³/mol. The minimum atomic E-state index is 0.193. The Labute approximate surface area is 61.4 Å². The zero-order valence-corrected chi connectivity index (χ0v) is 6.42. The molecular weight excluding hydrogens is 126 g/mol. The monoisotopic (exact) mass is 139 g/mol. The second-order valence-electron chi connectivity index (χ2n) is 2.54. The summed E-state index contributed by atoms with van der Waals surface area (Å²) in [7, 11) is 1.67. The van der Waals surface area contributed by atoms with Gasteiger partial charge in [-0.15, -0.1) is 0 Å². The normalized spacial score (nSPS) is 25.3. The van der Waals surface area contributed by atoms with Crippen molar-refractivity contribution in [1.29, 1.82) is 0 Å².